The molecular formula is C19H19S+. The highest BCUT2D eigenvalue weighted by atomic mass is 32.2. The topological polar surface area (TPSA) is 0 Å². The Bertz CT molecular complexity index is 571. The summed E-state index contributed by atoms with van der Waals surface area (Å²) in [6.45, 7) is 2.33. The van der Waals surface area contributed by atoms with Gasteiger partial charge in [-0.15, -0.1) is 0 Å². The van der Waals surface area contributed by atoms with E-state index in [0.29, 0.717) is 5.92 Å². The molecule has 0 radical (unpaired) electrons. The maximum atomic E-state index is 2.33. The lowest BCUT2D eigenvalue weighted by Crippen LogP contribution is -2.14. The second-order valence-electron chi connectivity index (χ2n) is 5.07. The summed E-state index contributed by atoms with van der Waals surface area (Å²) in [6, 6.07) is 21.8. The summed E-state index contributed by atoms with van der Waals surface area (Å²) in [4.78, 5) is 4.36. The smallest absolute Gasteiger partial charge is 0.0836 e. The molecule has 0 fully saturated rings. The second-order valence-corrected chi connectivity index (χ2v) is 7.09. The Hall–Kier alpha value is -1.73. The van der Waals surface area contributed by atoms with Crippen molar-refractivity contribution in [1.82, 2.24) is 0 Å². The van der Waals surface area contributed by atoms with Crippen LogP contribution in [0, 0.1) is 5.92 Å². The van der Waals surface area contributed by atoms with Crippen LogP contribution in [0.5, 0.6) is 0 Å². The lowest BCUT2D eigenvalue weighted by molar-refractivity contribution is 0.721. The molecule has 20 heavy (non-hydrogen) atoms. The number of benzene rings is 2. The third-order valence-electron chi connectivity index (χ3n) is 3.57. The minimum absolute atomic E-state index is 0.0421. The van der Waals surface area contributed by atoms with Crippen molar-refractivity contribution >= 4 is 10.9 Å². The van der Waals surface area contributed by atoms with E-state index in [1.54, 1.807) is 4.91 Å². The van der Waals surface area contributed by atoms with Crippen LogP contribution in [0.2, 0.25) is 0 Å². The van der Waals surface area contributed by atoms with Gasteiger partial charge in [-0.05, 0) is 36.8 Å². The Labute approximate surface area is 124 Å². The summed E-state index contributed by atoms with van der Waals surface area (Å²) in [5.41, 5.74) is 0. The van der Waals surface area contributed by atoms with E-state index >= 15 is 0 Å². The van der Waals surface area contributed by atoms with E-state index < -0.39 is 0 Å². The van der Waals surface area contributed by atoms with Gasteiger partial charge in [0.15, 0.2) is 9.79 Å². The Morgan fingerprint density at radius 1 is 0.850 bits per heavy atom. The van der Waals surface area contributed by atoms with Crippen LogP contribution in [0.25, 0.3) is 0 Å². The fourth-order valence-electron chi connectivity index (χ4n) is 2.52. The summed E-state index contributed by atoms with van der Waals surface area (Å²) in [6.07, 6.45) is 7.94. The Balaban J connectivity index is 2.09. The summed E-state index contributed by atoms with van der Waals surface area (Å²) >= 11 is 0. The van der Waals surface area contributed by atoms with E-state index in [0.717, 1.165) is 6.42 Å². The number of hydrogen-bond donors (Lipinski definition) is 0. The van der Waals surface area contributed by atoms with Gasteiger partial charge in [-0.25, -0.2) is 0 Å². The Morgan fingerprint density at radius 3 is 1.90 bits per heavy atom. The molecule has 2 aromatic carbocycles. The molecule has 0 aliphatic heterocycles. The molecule has 0 bridgehead atoms. The van der Waals surface area contributed by atoms with Crippen LogP contribution in [0.15, 0.2) is 93.6 Å². The fourth-order valence-corrected chi connectivity index (χ4v) is 4.90. The van der Waals surface area contributed by atoms with Gasteiger partial charge in [0.1, 0.15) is 4.91 Å². The zero-order valence-corrected chi connectivity index (χ0v) is 12.5. The van der Waals surface area contributed by atoms with Gasteiger partial charge in [0.05, 0.1) is 10.9 Å². The minimum atomic E-state index is 0.0421. The highest BCUT2D eigenvalue weighted by Crippen LogP contribution is 2.36. The molecule has 1 atom stereocenters. The molecule has 3 rings (SSSR count). The van der Waals surface area contributed by atoms with Crippen molar-refractivity contribution in [2.24, 2.45) is 5.92 Å². The van der Waals surface area contributed by atoms with Gasteiger partial charge in [-0.3, -0.25) is 0 Å². The molecule has 1 unspecified atom stereocenters. The molecule has 0 saturated carbocycles. The first-order valence-electron chi connectivity index (χ1n) is 7.07. The van der Waals surface area contributed by atoms with Crippen molar-refractivity contribution in [3.8, 4) is 0 Å². The highest BCUT2D eigenvalue weighted by Gasteiger charge is 2.34. The van der Waals surface area contributed by atoms with E-state index in [-0.39, 0.29) is 10.9 Å². The predicted octanol–water partition coefficient (Wildman–Crippen LogP) is 5.20. The number of allylic oxidation sites excluding steroid dienone is 4. The molecular weight excluding hydrogens is 260 g/mol. The predicted molar refractivity (Wildman–Crippen MR) is 87.8 cm³/mol. The van der Waals surface area contributed by atoms with E-state index in [2.05, 4.69) is 85.8 Å². The average molecular weight is 279 g/mol. The summed E-state index contributed by atoms with van der Waals surface area (Å²) < 4.78 is 0. The standard InChI is InChI=1S/C19H19S/c1-16-10-8-9-15-19(16)20(17-11-4-2-5-12-17)18-13-6-3-7-14-18/h2-9,11-16H,10H2,1H3/q+1. The molecule has 100 valence electrons. The van der Waals surface area contributed by atoms with Gasteiger partial charge in [-0.2, -0.15) is 0 Å². The molecule has 0 spiro atoms. The Morgan fingerprint density at radius 2 is 1.40 bits per heavy atom. The van der Waals surface area contributed by atoms with Gasteiger partial charge in [-0.1, -0.05) is 55.5 Å². The summed E-state index contributed by atoms with van der Waals surface area (Å²) in [7, 11) is 0.0421. The molecule has 2 aromatic rings. The second kappa shape index (κ2) is 6.15. The molecule has 0 aromatic heterocycles. The first kappa shape index (κ1) is 13.3. The van der Waals surface area contributed by atoms with Crippen molar-refractivity contribution in [1.29, 1.82) is 0 Å². The van der Waals surface area contributed by atoms with E-state index in [1.165, 1.54) is 9.79 Å². The first-order valence-corrected chi connectivity index (χ1v) is 8.30. The molecule has 0 nitrogen and oxygen atoms in total. The molecule has 1 aliphatic carbocycles. The largest absolute Gasteiger partial charge is 0.166 e. The van der Waals surface area contributed by atoms with Gasteiger partial charge >= 0.3 is 0 Å². The van der Waals surface area contributed by atoms with Crippen LogP contribution in [0.4, 0.5) is 0 Å². The molecule has 0 saturated heterocycles. The van der Waals surface area contributed by atoms with Gasteiger partial charge in [0.25, 0.3) is 0 Å². The van der Waals surface area contributed by atoms with E-state index in [9.17, 15) is 0 Å². The van der Waals surface area contributed by atoms with Crippen molar-refractivity contribution in [3.05, 3.63) is 83.8 Å². The normalized spacial score (nSPS) is 18.1. The van der Waals surface area contributed by atoms with E-state index in [1.807, 2.05) is 0 Å². The van der Waals surface area contributed by atoms with Crippen LogP contribution in [0.3, 0.4) is 0 Å². The molecule has 1 aliphatic rings. The zero-order valence-electron chi connectivity index (χ0n) is 11.7. The molecule has 0 heterocycles. The summed E-state index contributed by atoms with van der Waals surface area (Å²) in [5.74, 6) is 0.615. The van der Waals surface area contributed by atoms with Crippen molar-refractivity contribution in [3.63, 3.8) is 0 Å². The molecule has 1 heteroatoms. The Kier molecular flexibility index (Phi) is 4.08. The van der Waals surface area contributed by atoms with Crippen molar-refractivity contribution < 1.29 is 0 Å². The fraction of sp³-hybridized carbons (Fsp3) is 0.158. The molecule has 0 amide bonds. The van der Waals surface area contributed by atoms with Crippen LogP contribution < -0.4 is 0 Å². The van der Waals surface area contributed by atoms with Crippen molar-refractivity contribution in [2.45, 2.75) is 23.1 Å². The van der Waals surface area contributed by atoms with Gasteiger partial charge in [0.2, 0.25) is 0 Å². The van der Waals surface area contributed by atoms with Crippen LogP contribution >= 0.6 is 0 Å². The average Bonchev–Trinajstić information content (AvgIpc) is 2.52. The van der Waals surface area contributed by atoms with Gasteiger partial charge < -0.3 is 0 Å². The lowest BCUT2D eigenvalue weighted by atomic mass is 10.0. The quantitative estimate of drug-likeness (QED) is 0.677. The van der Waals surface area contributed by atoms with Crippen LogP contribution in [-0.4, -0.2) is 0 Å². The van der Waals surface area contributed by atoms with Crippen LogP contribution in [0.1, 0.15) is 13.3 Å². The van der Waals surface area contributed by atoms with E-state index in [4.69, 9.17) is 0 Å². The number of hydrogen-bond acceptors (Lipinski definition) is 0. The van der Waals surface area contributed by atoms with Crippen molar-refractivity contribution in [2.75, 3.05) is 0 Å². The third-order valence-corrected chi connectivity index (χ3v) is 6.06. The zero-order chi connectivity index (χ0) is 13.8. The maximum absolute atomic E-state index is 2.33. The monoisotopic (exact) mass is 279 g/mol. The highest BCUT2D eigenvalue weighted by molar-refractivity contribution is 8.00. The molecule has 0 N–H and O–H groups in total. The van der Waals surface area contributed by atoms with Crippen LogP contribution in [-0.2, 0) is 10.9 Å². The SMILES string of the molecule is CC1CC=CC=C1[S+](c1ccccc1)c1ccccc1. The minimum Gasteiger partial charge on any atom is -0.0836 e. The maximum Gasteiger partial charge on any atom is 0.166 e. The third kappa shape index (κ3) is 2.73. The lowest BCUT2D eigenvalue weighted by Gasteiger charge is -2.17. The first-order chi connectivity index (χ1) is 9.86. The van der Waals surface area contributed by atoms with Gasteiger partial charge in [0, 0.05) is 5.92 Å². The summed E-state index contributed by atoms with van der Waals surface area (Å²) in [5, 5.41) is 0. The number of rotatable bonds is 3.